The molecule has 0 radical (unpaired) electrons. The molecule has 17 heavy (non-hydrogen) atoms. The van der Waals surface area contributed by atoms with Gasteiger partial charge < -0.3 is 0 Å². The lowest BCUT2D eigenvalue weighted by molar-refractivity contribution is 0.666. The molecule has 0 amide bonds. The molecule has 0 aliphatic heterocycles. The van der Waals surface area contributed by atoms with Crippen LogP contribution in [-0.2, 0) is 10.8 Å². The van der Waals surface area contributed by atoms with Gasteiger partial charge in [-0.1, -0.05) is 30.3 Å². The van der Waals surface area contributed by atoms with Crippen LogP contribution in [0.3, 0.4) is 0 Å². The summed E-state index contributed by atoms with van der Waals surface area (Å²) < 4.78 is 13.1. The molecule has 0 saturated heterocycles. The standard InChI is InChI=1S/C12H13N3OS/c1-3-13-15-9-11(14-12(15)17(2)16)10-7-5-4-6-8-10/h3-9H,1-2H3/b13-3+. The molecule has 2 rings (SSSR count). The predicted octanol–water partition coefficient (Wildman–Crippen LogP) is 2.14. The van der Waals surface area contributed by atoms with E-state index in [1.807, 2.05) is 37.3 Å². The van der Waals surface area contributed by atoms with Crippen LogP contribution in [0.2, 0.25) is 0 Å². The molecule has 1 unspecified atom stereocenters. The molecular formula is C12H13N3OS. The first-order valence-corrected chi connectivity index (χ1v) is 6.75. The summed E-state index contributed by atoms with van der Waals surface area (Å²) in [7, 11) is -1.16. The van der Waals surface area contributed by atoms with Gasteiger partial charge in [0.15, 0.2) is 0 Å². The molecule has 1 heterocycles. The van der Waals surface area contributed by atoms with Gasteiger partial charge in [0.1, 0.15) is 0 Å². The second-order valence-corrected chi connectivity index (χ2v) is 4.72. The molecule has 1 atom stereocenters. The Morgan fingerprint density at radius 2 is 2.06 bits per heavy atom. The molecular weight excluding hydrogens is 234 g/mol. The van der Waals surface area contributed by atoms with Gasteiger partial charge in [-0.2, -0.15) is 5.10 Å². The zero-order valence-corrected chi connectivity index (χ0v) is 10.5. The fraction of sp³-hybridized carbons (Fsp3) is 0.167. The third-order valence-electron chi connectivity index (χ3n) is 2.22. The van der Waals surface area contributed by atoms with E-state index in [1.54, 1.807) is 23.3 Å². The number of aromatic nitrogens is 2. The van der Waals surface area contributed by atoms with Crippen molar-refractivity contribution in [2.45, 2.75) is 12.1 Å². The monoisotopic (exact) mass is 247 g/mol. The number of nitrogens with zero attached hydrogens (tertiary/aromatic N) is 3. The lowest BCUT2D eigenvalue weighted by atomic mass is 10.2. The average Bonchev–Trinajstić information content (AvgIpc) is 2.75. The molecule has 5 heteroatoms. The molecule has 0 saturated carbocycles. The van der Waals surface area contributed by atoms with Crippen LogP contribution < -0.4 is 0 Å². The summed E-state index contributed by atoms with van der Waals surface area (Å²) in [4.78, 5) is 4.35. The minimum atomic E-state index is -1.16. The van der Waals surface area contributed by atoms with Crippen LogP contribution in [0.4, 0.5) is 0 Å². The van der Waals surface area contributed by atoms with Crippen molar-refractivity contribution in [1.82, 2.24) is 9.66 Å². The Labute approximate surface area is 102 Å². The van der Waals surface area contributed by atoms with Gasteiger partial charge in [-0.05, 0) is 6.92 Å². The molecule has 0 N–H and O–H groups in total. The molecule has 2 aromatic rings. The van der Waals surface area contributed by atoms with Crippen molar-refractivity contribution in [3.05, 3.63) is 36.5 Å². The fourth-order valence-electron chi connectivity index (χ4n) is 1.51. The molecule has 0 fully saturated rings. The average molecular weight is 247 g/mol. The molecule has 0 spiro atoms. The van der Waals surface area contributed by atoms with Crippen molar-refractivity contribution in [1.29, 1.82) is 0 Å². The predicted molar refractivity (Wildman–Crippen MR) is 69.6 cm³/mol. The van der Waals surface area contributed by atoms with Crippen LogP contribution in [0.15, 0.2) is 46.8 Å². The highest BCUT2D eigenvalue weighted by Crippen LogP contribution is 2.19. The Bertz CT molecular complexity index is 560. The first-order chi connectivity index (χ1) is 8.22. The summed E-state index contributed by atoms with van der Waals surface area (Å²) in [5.74, 6) is 0. The maximum Gasteiger partial charge on any atom is 0.220 e. The van der Waals surface area contributed by atoms with Crippen molar-refractivity contribution in [2.24, 2.45) is 5.10 Å². The van der Waals surface area contributed by atoms with Crippen molar-refractivity contribution in [2.75, 3.05) is 6.26 Å². The van der Waals surface area contributed by atoms with Crippen molar-refractivity contribution >= 4 is 17.0 Å². The van der Waals surface area contributed by atoms with E-state index >= 15 is 0 Å². The Kier molecular flexibility index (Phi) is 3.49. The quantitative estimate of drug-likeness (QED) is 0.780. The Balaban J connectivity index is 2.51. The highest BCUT2D eigenvalue weighted by molar-refractivity contribution is 7.84. The number of hydrogen-bond acceptors (Lipinski definition) is 3. The van der Waals surface area contributed by atoms with Gasteiger partial charge in [0, 0.05) is 18.0 Å². The molecule has 0 aliphatic carbocycles. The highest BCUT2D eigenvalue weighted by atomic mass is 32.2. The maximum absolute atomic E-state index is 11.5. The minimum Gasteiger partial charge on any atom is -0.251 e. The summed E-state index contributed by atoms with van der Waals surface area (Å²) in [6.07, 6.45) is 5.03. The summed E-state index contributed by atoms with van der Waals surface area (Å²) in [5, 5.41) is 4.57. The molecule has 4 nitrogen and oxygen atoms in total. The van der Waals surface area contributed by atoms with E-state index in [0.29, 0.717) is 5.16 Å². The lowest BCUT2D eigenvalue weighted by Crippen LogP contribution is -1.98. The second kappa shape index (κ2) is 5.05. The van der Waals surface area contributed by atoms with Crippen LogP contribution in [0.25, 0.3) is 11.3 Å². The maximum atomic E-state index is 11.5. The molecule has 1 aromatic heterocycles. The summed E-state index contributed by atoms with van der Waals surface area (Å²) in [6.45, 7) is 1.81. The van der Waals surface area contributed by atoms with E-state index in [4.69, 9.17) is 0 Å². The van der Waals surface area contributed by atoms with Gasteiger partial charge in [0.05, 0.1) is 22.7 Å². The van der Waals surface area contributed by atoms with Gasteiger partial charge >= 0.3 is 0 Å². The molecule has 0 aliphatic rings. The Hall–Kier alpha value is -1.75. The van der Waals surface area contributed by atoms with Crippen LogP contribution in [-0.4, -0.2) is 26.3 Å². The summed E-state index contributed by atoms with van der Waals surface area (Å²) >= 11 is 0. The van der Waals surface area contributed by atoms with Gasteiger partial charge in [0.25, 0.3) is 0 Å². The third kappa shape index (κ3) is 2.50. The first-order valence-electron chi connectivity index (χ1n) is 5.19. The normalized spacial score (nSPS) is 13.1. The molecule has 1 aromatic carbocycles. The van der Waals surface area contributed by atoms with E-state index in [1.165, 1.54) is 0 Å². The number of hydrogen-bond donors (Lipinski definition) is 0. The smallest absolute Gasteiger partial charge is 0.220 e. The highest BCUT2D eigenvalue weighted by Gasteiger charge is 2.11. The van der Waals surface area contributed by atoms with Gasteiger partial charge in [0.2, 0.25) is 5.16 Å². The SMILES string of the molecule is C/C=N/n1cc(-c2ccccc2)nc1S(C)=O. The van der Waals surface area contributed by atoms with Gasteiger partial charge in [-0.25, -0.2) is 9.66 Å². The van der Waals surface area contributed by atoms with E-state index in [-0.39, 0.29) is 0 Å². The fourth-order valence-corrected chi connectivity index (χ4v) is 2.10. The lowest BCUT2D eigenvalue weighted by Gasteiger charge is -1.94. The van der Waals surface area contributed by atoms with E-state index in [0.717, 1.165) is 11.3 Å². The van der Waals surface area contributed by atoms with Gasteiger partial charge in [-0.3, -0.25) is 4.21 Å². The zero-order valence-electron chi connectivity index (χ0n) is 9.70. The molecule has 88 valence electrons. The van der Waals surface area contributed by atoms with E-state index < -0.39 is 10.8 Å². The summed E-state index contributed by atoms with van der Waals surface area (Å²) in [6, 6.07) is 9.76. The minimum absolute atomic E-state index is 0.460. The van der Waals surface area contributed by atoms with Crippen LogP contribution in [0.5, 0.6) is 0 Å². The number of rotatable bonds is 3. The largest absolute Gasteiger partial charge is 0.251 e. The van der Waals surface area contributed by atoms with Crippen molar-refractivity contribution < 1.29 is 4.21 Å². The van der Waals surface area contributed by atoms with Crippen molar-refractivity contribution in [3.8, 4) is 11.3 Å². The topological polar surface area (TPSA) is 47.2 Å². The van der Waals surface area contributed by atoms with Crippen LogP contribution in [0.1, 0.15) is 6.92 Å². The van der Waals surface area contributed by atoms with E-state index in [9.17, 15) is 4.21 Å². The zero-order chi connectivity index (χ0) is 12.3. The Morgan fingerprint density at radius 3 is 2.65 bits per heavy atom. The van der Waals surface area contributed by atoms with Crippen LogP contribution in [0, 0.1) is 0 Å². The van der Waals surface area contributed by atoms with Crippen molar-refractivity contribution in [3.63, 3.8) is 0 Å². The second-order valence-electron chi connectivity index (χ2n) is 3.45. The number of imidazole rings is 1. The molecule has 0 bridgehead atoms. The Morgan fingerprint density at radius 1 is 1.35 bits per heavy atom. The first kappa shape index (κ1) is 11.7. The van der Waals surface area contributed by atoms with Gasteiger partial charge in [-0.15, -0.1) is 0 Å². The number of benzene rings is 1. The summed E-state index contributed by atoms with van der Waals surface area (Å²) in [5.41, 5.74) is 1.77. The third-order valence-corrected chi connectivity index (χ3v) is 3.02. The van der Waals surface area contributed by atoms with E-state index in [2.05, 4.69) is 10.1 Å². The van der Waals surface area contributed by atoms with Crippen LogP contribution >= 0.6 is 0 Å².